The normalized spacial score (nSPS) is 15.4. The van der Waals surface area contributed by atoms with E-state index in [-0.39, 0.29) is 30.2 Å². The van der Waals surface area contributed by atoms with Crippen molar-refractivity contribution in [3.63, 3.8) is 0 Å². The summed E-state index contributed by atoms with van der Waals surface area (Å²) in [5.74, 6) is -0.0184. The summed E-state index contributed by atoms with van der Waals surface area (Å²) < 4.78 is 5.46. The van der Waals surface area contributed by atoms with Crippen LogP contribution in [0.3, 0.4) is 0 Å². The molecule has 6 nitrogen and oxygen atoms in total. The molecule has 0 saturated heterocycles. The molecule has 0 aliphatic heterocycles. The third kappa shape index (κ3) is 10.5. The number of hydrogen-bond donors (Lipinski definition) is 3. The summed E-state index contributed by atoms with van der Waals surface area (Å²) in [6, 6.07) is -0.933. The molecule has 1 unspecified atom stereocenters. The number of hydrogen-bond acceptors (Lipinski definition) is 4. The van der Waals surface area contributed by atoms with E-state index in [1.165, 1.54) is 0 Å². The number of ether oxygens (including phenoxy) is 1. The summed E-state index contributed by atoms with van der Waals surface area (Å²) >= 11 is 0. The number of aliphatic hydroxyl groups is 1. The minimum absolute atomic E-state index is 0.1000. The van der Waals surface area contributed by atoms with Gasteiger partial charge in [0.15, 0.2) is 0 Å². The molecule has 0 saturated carbocycles. The first kappa shape index (κ1) is 23.9. The lowest BCUT2D eigenvalue weighted by atomic mass is 10.0. The first-order valence-corrected chi connectivity index (χ1v) is 13.0. The van der Waals surface area contributed by atoms with Crippen molar-refractivity contribution in [3.8, 4) is 0 Å². The molecule has 0 spiro atoms. The number of alkyl carbamates (subject to hydrolysis) is 1. The molecular weight excluding hydrogens is 336 g/mol. The van der Waals surface area contributed by atoms with Crippen LogP contribution in [0.25, 0.3) is 0 Å². The van der Waals surface area contributed by atoms with Crippen LogP contribution < -0.4 is 10.6 Å². The van der Waals surface area contributed by atoms with E-state index in [2.05, 4.69) is 37.2 Å². The predicted molar refractivity (Wildman–Crippen MR) is 104 cm³/mol. The Bertz CT molecular complexity index is 410. The van der Waals surface area contributed by atoms with Crippen molar-refractivity contribution in [2.75, 3.05) is 6.61 Å². The molecule has 0 heterocycles. The largest absolute Gasteiger partial charge is 0.450 e. The molecule has 0 rings (SSSR count). The van der Waals surface area contributed by atoms with E-state index in [1.54, 1.807) is 0 Å². The highest BCUT2D eigenvalue weighted by Gasteiger charge is 2.29. The second-order valence-corrected chi connectivity index (χ2v) is 13.8. The molecule has 2 amide bonds. The molecule has 0 fully saturated rings. The number of carbonyl (C=O) groups excluding carboxylic acids is 2. The maximum absolute atomic E-state index is 12.5. The molecule has 7 heteroatoms. The minimum atomic E-state index is -1.60. The molecular formula is C18H38N2O4Si. The van der Waals surface area contributed by atoms with Gasteiger partial charge in [-0.15, -0.1) is 0 Å². The van der Waals surface area contributed by atoms with Crippen molar-refractivity contribution in [3.05, 3.63) is 0 Å². The molecule has 25 heavy (non-hydrogen) atoms. The fourth-order valence-corrected chi connectivity index (χ4v) is 2.64. The van der Waals surface area contributed by atoms with Crippen molar-refractivity contribution in [2.45, 2.75) is 90.8 Å². The Morgan fingerprint density at radius 2 is 1.72 bits per heavy atom. The van der Waals surface area contributed by atoms with Gasteiger partial charge >= 0.3 is 6.09 Å². The van der Waals surface area contributed by atoms with E-state index in [4.69, 9.17) is 4.74 Å². The van der Waals surface area contributed by atoms with E-state index >= 15 is 0 Å². The number of carbonyl (C=O) groups is 2. The lowest BCUT2D eigenvalue weighted by Gasteiger charge is -2.27. The van der Waals surface area contributed by atoms with Gasteiger partial charge in [-0.3, -0.25) is 4.79 Å². The third-order valence-corrected chi connectivity index (χ3v) is 6.85. The fourth-order valence-electron chi connectivity index (χ4n) is 2.18. The highest BCUT2D eigenvalue weighted by atomic mass is 28.3. The molecule has 0 aromatic carbocycles. The number of aliphatic hydroxyl groups excluding tert-OH is 1. The second kappa shape index (κ2) is 11.5. The van der Waals surface area contributed by atoms with E-state index in [0.29, 0.717) is 6.42 Å². The summed E-state index contributed by atoms with van der Waals surface area (Å²) in [5, 5.41) is 15.0. The Morgan fingerprint density at radius 3 is 2.16 bits per heavy atom. The van der Waals surface area contributed by atoms with Crippen molar-refractivity contribution in [2.24, 2.45) is 5.92 Å². The Labute approximate surface area is 154 Å². The maximum atomic E-state index is 12.5. The first-order chi connectivity index (χ1) is 11.5. The lowest BCUT2D eigenvalue weighted by Crippen LogP contribution is -2.52. The van der Waals surface area contributed by atoms with Crippen molar-refractivity contribution in [1.29, 1.82) is 0 Å². The van der Waals surface area contributed by atoms with Gasteiger partial charge in [-0.2, -0.15) is 0 Å². The van der Waals surface area contributed by atoms with Gasteiger partial charge in [-0.05, 0) is 25.7 Å². The van der Waals surface area contributed by atoms with Crippen LogP contribution in [0.4, 0.5) is 4.79 Å². The minimum Gasteiger partial charge on any atom is -0.450 e. The van der Waals surface area contributed by atoms with Gasteiger partial charge in [0.2, 0.25) is 5.91 Å². The van der Waals surface area contributed by atoms with Crippen LogP contribution in [0.2, 0.25) is 19.6 Å². The Kier molecular flexibility index (Phi) is 11.0. The first-order valence-electron chi connectivity index (χ1n) is 9.39. The van der Waals surface area contributed by atoms with Crippen LogP contribution in [0.15, 0.2) is 0 Å². The van der Waals surface area contributed by atoms with Gasteiger partial charge in [0.25, 0.3) is 0 Å². The van der Waals surface area contributed by atoms with E-state index in [1.807, 2.05) is 20.8 Å². The van der Waals surface area contributed by atoms with Crippen molar-refractivity contribution >= 4 is 20.1 Å². The average Bonchev–Trinajstić information content (AvgIpc) is 2.48. The lowest BCUT2D eigenvalue weighted by molar-refractivity contribution is -0.124. The zero-order valence-corrected chi connectivity index (χ0v) is 18.0. The van der Waals surface area contributed by atoms with E-state index in [9.17, 15) is 14.7 Å². The molecule has 3 atom stereocenters. The smallest absolute Gasteiger partial charge is 0.407 e. The summed E-state index contributed by atoms with van der Waals surface area (Å²) in [6.45, 7) is 14.2. The molecule has 0 bridgehead atoms. The Balaban J connectivity index is 4.82. The standard InChI is InChI=1S/C18H38N2O4Si/c1-8-9-10-15(12-21)19-17(22)16(11-13(2)3)20-18(23)24-14(4)25(5,6)7/h13-16,21H,8-12H2,1-7H3,(H,19,22)(H,20,23)/t14?,15-,16-/m0/s1. The Hall–Kier alpha value is -1.08. The number of nitrogens with one attached hydrogen (secondary N) is 2. The highest BCUT2D eigenvalue weighted by Crippen LogP contribution is 2.12. The van der Waals surface area contributed by atoms with Crippen LogP contribution in [-0.2, 0) is 9.53 Å². The second-order valence-electron chi connectivity index (χ2n) is 8.27. The van der Waals surface area contributed by atoms with Crippen LogP contribution in [0.1, 0.15) is 53.4 Å². The SMILES string of the molecule is CCCC[C@@H](CO)NC(=O)[C@H](CC(C)C)NC(=O)OC(C)[Si](C)(C)C. The van der Waals surface area contributed by atoms with Gasteiger partial charge in [0, 0.05) is 0 Å². The molecule has 0 radical (unpaired) electrons. The molecule has 0 aromatic rings. The van der Waals surface area contributed by atoms with Gasteiger partial charge in [-0.25, -0.2) is 4.79 Å². The van der Waals surface area contributed by atoms with Gasteiger partial charge in [-0.1, -0.05) is 53.3 Å². The maximum Gasteiger partial charge on any atom is 0.407 e. The fraction of sp³-hybridized carbons (Fsp3) is 0.889. The predicted octanol–water partition coefficient (Wildman–Crippen LogP) is 3.06. The topological polar surface area (TPSA) is 87.7 Å². The van der Waals surface area contributed by atoms with Gasteiger partial charge in [0.05, 0.1) is 26.4 Å². The molecule has 148 valence electrons. The van der Waals surface area contributed by atoms with Crippen molar-refractivity contribution in [1.82, 2.24) is 10.6 Å². The van der Waals surface area contributed by atoms with Crippen LogP contribution in [0, 0.1) is 5.92 Å². The zero-order valence-electron chi connectivity index (χ0n) is 17.0. The molecule has 0 aliphatic rings. The number of rotatable bonds is 11. The van der Waals surface area contributed by atoms with Gasteiger partial charge < -0.3 is 20.5 Å². The highest BCUT2D eigenvalue weighted by molar-refractivity contribution is 6.77. The molecule has 3 N–H and O–H groups in total. The van der Waals surface area contributed by atoms with Crippen LogP contribution in [-0.4, -0.2) is 49.6 Å². The number of amides is 2. The van der Waals surface area contributed by atoms with Crippen molar-refractivity contribution < 1.29 is 19.4 Å². The monoisotopic (exact) mass is 374 g/mol. The van der Waals surface area contributed by atoms with Crippen LogP contribution >= 0.6 is 0 Å². The molecule has 0 aromatic heterocycles. The molecule has 0 aliphatic carbocycles. The van der Waals surface area contributed by atoms with Gasteiger partial charge in [0.1, 0.15) is 6.04 Å². The zero-order chi connectivity index (χ0) is 19.6. The quantitative estimate of drug-likeness (QED) is 0.485. The summed E-state index contributed by atoms with van der Waals surface area (Å²) in [6.07, 6.45) is 2.63. The summed E-state index contributed by atoms with van der Waals surface area (Å²) in [5.41, 5.74) is -0.134. The summed E-state index contributed by atoms with van der Waals surface area (Å²) in [7, 11) is -1.60. The van der Waals surface area contributed by atoms with E-state index in [0.717, 1.165) is 19.3 Å². The number of unbranched alkanes of at least 4 members (excludes halogenated alkanes) is 1. The Morgan fingerprint density at radius 1 is 1.12 bits per heavy atom. The van der Waals surface area contributed by atoms with E-state index < -0.39 is 20.2 Å². The van der Waals surface area contributed by atoms with Crippen LogP contribution in [0.5, 0.6) is 0 Å². The average molecular weight is 375 g/mol. The summed E-state index contributed by atoms with van der Waals surface area (Å²) in [4.78, 5) is 24.7. The third-order valence-electron chi connectivity index (χ3n) is 4.29.